The molecule has 0 bridgehead atoms. The molecule has 1 amide bonds. The summed E-state index contributed by atoms with van der Waals surface area (Å²) < 4.78 is 5.30. The number of hydrogen-bond acceptors (Lipinski definition) is 4. The van der Waals surface area contributed by atoms with Crippen LogP contribution in [0.3, 0.4) is 0 Å². The van der Waals surface area contributed by atoms with Gasteiger partial charge < -0.3 is 15.6 Å². The van der Waals surface area contributed by atoms with Crippen LogP contribution in [0, 0.1) is 6.92 Å². The van der Waals surface area contributed by atoms with E-state index in [4.69, 9.17) is 10.3 Å². The molecular formula is C16H22ClN3O2. The molecule has 1 heterocycles. The summed E-state index contributed by atoms with van der Waals surface area (Å²) in [4.78, 5) is 12.3. The van der Waals surface area contributed by atoms with Crippen molar-refractivity contribution >= 4 is 24.0 Å². The average molecular weight is 324 g/mol. The Kier molecular flexibility index (Phi) is 6.43. The molecule has 0 fully saturated rings. The number of rotatable bonds is 5. The predicted octanol–water partition coefficient (Wildman–Crippen LogP) is 3.04. The molecular weight excluding hydrogens is 302 g/mol. The largest absolute Gasteiger partial charge is 0.399 e. The number of aromatic nitrogens is 1. The summed E-state index contributed by atoms with van der Waals surface area (Å²) in [6, 6.07) is 5.33. The summed E-state index contributed by atoms with van der Waals surface area (Å²) >= 11 is 0. The van der Waals surface area contributed by atoms with Crippen LogP contribution in [0.25, 0.3) is 0 Å². The van der Waals surface area contributed by atoms with Crippen LogP contribution < -0.4 is 11.1 Å². The van der Waals surface area contributed by atoms with Crippen LogP contribution in [0.4, 0.5) is 5.69 Å². The normalized spacial score (nSPS) is 10.1. The minimum Gasteiger partial charge on any atom is -0.399 e. The van der Waals surface area contributed by atoms with Crippen LogP contribution in [0.15, 0.2) is 22.7 Å². The third-order valence-corrected chi connectivity index (χ3v) is 3.54. The summed E-state index contributed by atoms with van der Waals surface area (Å²) in [6.45, 7) is 6.34. The fourth-order valence-electron chi connectivity index (χ4n) is 2.29. The first-order valence-electron chi connectivity index (χ1n) is 7.17. The molecule has 2 rings (SSSR count). The molecule has 2 aromatic rings. The van der Waals surface area contributed by atoms with Crippen LogP contribution in [0.2, 0.25) is 0 Å². The lowest BCUT2D eigenvalue weighted by Gasteiger charge is -2.09. The number of nitrogen functional groups attached to an aromatic ring is 1. The number of benzene rings is 1. The number of aryl methyl sites for hydroxylation is 3. The van der Waals surface area contributed by atoms with Gasteiger partial charge in [-0.15, -0.1) is 12.4 Å². The van der Waals surface area contributed by atoms with E-state index in [1.807, 2.05) is 26.8 Å². The standard InChI is InChI=1S/C16H21N3O2.ClH/c1-4-14-13(15(5-2)21-19-14)9-18-16(20)12-8-11(17)7-6-10(12)3;/h6-8H,4-5,9,17H2,1-3H3,(H,18,20);1H. The third-order valence-electron chi connectivity index (χ3n) is 3.54. The van der Waals surface area contributed by atoms with Gasteiger partial charge >= 0.3 is 0 Å². The maximum absolute atomic E-state index is 12.3. The Bertz CT molecular complexity index is 631. The smallest absolute Gasteiger partial charge is 0.251 e. The molecule has 1 aromatic heterocycles. The highest BCUT2D eigenvalue weighted by Gasteiger charge is 2.15. The Morgan fingerprint density at radius 3 is 2.68 bits per heavy atom. The van der Waals surface area contributed by atoms with Gasteiger partial charge in [0.2, 0.25) is 0 Å². The van der Waals surface area contributed by atoms with Crippen molar-refractivity contribution in [3.63, 3.8) is 0 Å². The molecule has 0 saturated carbocycles. The van der Waals surface area contributed by atoms with Crippen molar-refractivity contribution in [3.05, 3.63) is 46.3 Å². The minimum atomic E-state index is -0.134. The number of amides is 1. The Balaban J connectivity index is 0.00000242. The van der Waals surface area contributed by atoms with E-state index in [-0.39, 0.29) is 18.3 Å². The molecule has 0 saturated heterocycles. The molecule has 5 nitrogen and oxygen atoms in total. The number of nitrogens with zero attached hydrogens (tertiary/aromatic N) is 1. The van der Waals surface area contributed by atoms with E-state index in [0.717, 1.165) is 35.4 Å². The van der Waals surface area contributed by atoms with Crippen molar-refractivity contribution in [2.24, 2.45) is 0 Å². The zero-order valence-electron chi connectivity index (χ0n) is 13.1. The van der Waals surface area contributed by atoms with Crippen molar-refractivity contribution in [1.29, 1.82) is 0 Å². The zero-order chi connectivity index (χ0) is 15.4. The van der Waals surface area contributed by atoms with Gasteiger partial charge in [-0.2, -0.15) is 0 Å². The van der Waals surface area contributed by atoms with Crippen LogP contribution >= 0.6 is 12.4 Å². The summed E-state index contributed by atoms with van der Waals surface area (Å²) in [7, 11) is 0. The lowest BCUT2D eigenvalue weighted by atomic mass is 10.1. The summed E-state index contributed by atoms with van der Waals surface area (Å²) in [6.07, 6.45) is 1.54. The molecule has 120 valence electrons. The summed E-state index contributed by atoms with van der Waals surface area (Å²) in [5.74, 6) is 0.696. The Hall–Kier alpha value is -2.01. The molecule has 0 spiro atoms. The van der Waals surface area contributed by atoms with Gasteiger partial charge in [0.05, 0.1) is 5.69 Å². The lowest BCUT2D eigenvalue weighted by Crippen LogP contribution is -2.24. The fraction of sp³-hybridized carbons (Fsp3) is 0.375. The topological polar surface area (TPSA) is 81.2 Å². The maximum Gasteiger partial charge on any atom is 0.251 e. The first-order valence-corrected chi connectivity index (χ1v) is 7.17. The number of anilines is 1. The number of carbonyl (C=O) groups is 1. The maximum atomic E-state index is 12.3. The second-order valence-electron chi connectivity index (χ2n) is 5.00. The van der Waals surface area contributed by atoms with Crippen molar-refractivity contribution in [2.75, 3.05) is 5.73 Å². The molecule has 0 aliphatic rings. The molecule has 0 radical (unpaired) electrons. The second-order valence-corrected chi connectivity index (χ2v) is 5.00. The van der Waals surface area contributed by atoms with Crippen molar-refractivity contribution in [3.8, 4) is 0 Å². The molecule has 0 unspecified atom stereocenters. The van der Waals surface area contributed by atoms with Gasteiger partial charge in [0, 0.05) is 29.8 Å². The van der Waals surface area contributed by atoms with E-state index in [2.05, 4.69) is 10.5 Å². The Morgan fingerprint density at radius 1 is 1.32 bits per heavy atom. The average Bonchev–Trinajstić information content (AvgIpc) is 2.89. The van der Waals surface area contributed by atoms with Crippen LogP contribution in [-0.4, -0.2) is 11.1 Å². The van der Waals surface area contributed by atoms with Crippen LogP contribution in [0.5, 0.6) is 0 Å². The van der Waals surface area contributed by atoms with E-state index in [9.17, 15) is 4.79 Å². The predicted molar refractivity (Wildman–Crippen MR) is 89.3 cm³/mol. The van der Waals surface area contributed by atoms with Gasteiger partial charge in [0.1, 0.15) is 5.76 Å². The van der Waals surface area contributed by atoms with Gasteiger partial charge in [-0.3, -0.25) is 4.79 Å². The molecule has 0 atom stereocenters. The SMILES string of the molecule is CCc1noc(CC)c1CNC(=O)c1cc(N)ccc1C.Cl. The van der Waals surface area contributed by atoms with Gasteiger partial charge in [-0.05, 0) is 31.0 Å². The quantitative estimate of drug-likeness (QED) is 0.829. The number of halogens is 1. The van der Waals surface area contributed by atoms with Crippen molar-refractivity contribution in [1.82, 2.24) is 10.5 Å². The number of hydrogen-bond donors (Lipinski definition) is 2. The van der Waals surface area contributed by atoms with E-state index >= 15 is 0 Å². The molecule has 1 aromatic carbocycles. The number of nitrogens with two attached hydrogens (primary N) is 1. The monoisotopic (exact) mass is 323 g/mol. The molecule has 22 heavy (non-hydrogen) atoms. The minimum absolute atomic E-state index is 0. The number of nitrogens with one attached hydrogen (secondary N) is 1. The number of carbonyl (C=O) groups excluding carboxylic acids is 1. The highest BCUT2D eigenvalue weighted by Crippen LogP contribution is 2.17. The van der Waals surface area contributed by atoms with E-state index in [1.54, 1.807) is 12.1 Å². The van der Waals surface area contributed by atoms with Crippen molar-refractivity contribution < 1.29 is 9.32 Å². The second kappa shape index (κ2) is 7.84. The first-order chi connectivity index (χ1) is 10.1. The fourth-order valence-corrected chi connectivity index (χ4v) is 2.29. The van der Waals surface area contributed by atoms with Gasteiger partial charge in [-0.25, -0.2) is 0 Å². The van der Waals surface area contributed by atoms with Gasteiger partial charge in [0.15, 0.2) is 0 Å². The van der Waals surface area contributed by atoms with E-state index < -0.39 is 0 Å². The molecule has 0 aliphatic carbocycles. The van der Waals surface area contributed by atoms with Crippen molar-refractivity contribution in [2.45, 2.75) is 40.2 Å². The van der Waals surface area contributed by atoms with E-state index in [1.165, 1.54) is 0 Å². The van der Waals surface area contributed by atoms with E-state index in [0.29, 0.717) is 17.8 Å². The van der Waals surface area contributed by atoms with Gasteiger partial charge in [0.25, 0.3) is 5.91 Å². The van der Waals surface area contributed by atoms with Crippen LogP contribution in [0.1, 0.15) is 46.8 Å². The first kappa shape index (κ1) is 18.0. The summed E-state index contributed by atoms with van der Waals surface area (Å²) in [5, 5.41) is 6.97. The zero-order valence-corrected chi connectivity index (χ0v) is 13.9. The van der Waals surface area contributed by atoms with Gasteiger partial charge in [-0.1, -0.05) is 25.1 Å². The Morgan fingerprint density at radius 2 is 2.05 bits per heavy atom. The lowest BCUT2D eigenvalue weighted by molar-refractivity contribution is 0.0950. The summed E-state index contributed by atoms with van der Waals surface area (Å²) in [5.41, 5.74) is 9.71. The Labute approximate surface area is 136 Å². The third kappa shape index (κ3) is 3.80. The molecule has 0 aliphatic heterocycles. The highest BCUT2D eigenvalue weighted by molar-refractivity contribution is 5.96. The van der Waals surface area contributed by atoms with Crippen LogP contribution in [-0.2, 0) is 19.4 Å². The molecule has 3 N–H and O–H groups in total. The highest BCUT2D eigenvalue weighted by atomic mass is 35.5. The molecule has 6 heteroatoms.